The summed E-state index contributed by atoms with van der Waals surface area (Å²) in [6.07, 6.45) is 3.48. The normalized spacial score (nSPS) is 19.1. The van der Waals surface area contributed by atoms with E-state index in [1.54, 1.807) is 0 Å². The van der Waals surface area contributed by atoms with Crippen LogP contribution in [0, 0.1) is 11.3 Å². The number of sulfone groups is 1. The van der Waals surface area contributed by atoms with Gasteiger partial charge in [-0.25, -0.2) is 8.42 Å². The second-order valence-corrected chi connectivity index (χ2v) is 7.29. The zero-order valence-electron chi connectivity index (χ0n) is 11.9. The number of hydrogen-bond acceptors (Lipinski definition) is 5. The molecule has 114 valence electrons. The molecule has 1 aromatic rings. The summed E-state index contributed by atoms with van der Waals surface area (Å²) in [6, 6.07) is 8.28. The summed E-state index contributed by atoms with van der Waals surface area (Å²) < 4.78 is 29.7. The van der Waals surface area contributed by atoms with E-state index in [2.05, 4.69) is 5.32 Å². The molecule has 21 heavy (non-hydrogen) atoms. The van der Waals surface area contributed by atoms with Crippen LogP contribution in [-0.2, 0) is 14.6 Å². The largest absolute Gasteiger partial charge is 0.379 e. The Kier molecular flexibility index (Phi) is 5.74. The van der Waals surface area contributed by atoms with Crippen LogP contribution in [0.15, 0.2) is 29.2 Å². The van der Waals surface area contributed by atoms with Crippen molar-refractivity contribution in [1.29, 1.82) is 5.26 Å². The minimum Gasteiger partial charge on any atom is -0.379 e. The molecule has 0 amide bonds. The molecule has 6 heteroatoms. The van der Waals surface area contributed by atoms with Crippen molar-refractivity contribution in [1.82, 2.24) is 5.32 Å². The summed E-state index contributed by atoms with van der Waals surface area (Å²) in [5.41, 5.74) is 0.452. The highest BCUT2D eigenvalue weighted by molar-refractivity contribution is 7.91. The van der Waals surface area contributed by atoms with Crippen molar-refractivity contribution in [2.75, 3.05) is 25.5 Å². The zero-order chi connectivity index (χ0) is 15.1. The second-order valence-electron chi connectivity index (χ2n) is 5.18. The van der Waals surface area contributed by atoms with Crippen molar-refractivity contribution in [2.45, 2.75) is 30.2 Å². The van der Waals surface area contributed by atoms with Crippen LogP contribution in [0.1, 0.15) is 24.8 Å². The smallest absolute Gasteiger partial charge is 0.180 e. The lowest BCUT2D eigenvalue weighted by Crippen LogP contribution is -2.37. The molecule has 1 atom stereocenters. The highest BCUT2D eigenvalue weighted by atomic mass is 32.2. The maximum absolute atomic E-state index is 12.1. The first-order valence-corrected chi connectivity index (χ1v) is 8.81. The minimum atomic E-state index is -3.34. The van der Waals surface area contributed by atoms with Crippen LogP contribution in [0.25, 0.3) is 0 Å². The van der Waals surface area contributed by atoms with Crippen molar-refractivity contribution in [3.8, 4) is 6.07 Å². The van der Waals surface area contributed by atoms with E-state index in [1.807, 2.05) is 6.07 Å². The van der Waals surface area contributed by atoms with Gasteiger partial charge in [0.2, 0.25) is 0 Å². The Morgan fingerprint density at radius 3 is 2.67 bits per heavy atom. The average Bonchev–Trinajstić information content (AvgIpc) is 2.53. The summed E-state index contributed by atoms with van der Waals surface area (Å²) in [4.78, 5) is 0.237. The fourth-order valence-corrected chi connectivity index (χ4v) is 3.44. The van der Waals surface area contributed by atoms with Crippen LogP contribution < -0.4 is 5.32 Å². The van der Waals surface area contributed by atoms with Crippen molar-refractivity contribution < 1.29 is 13.2 Å². The van der Waals surface area contributed by atoms with Crippen LogP contribution in [0.4, 0.5) is 0 Å². The number of rotatable bonds is 6. The quantitative estimate of drug-likeness (QED) is 0.806. The molecule has 1 saturated heterocycles. The molecule has 1 fully saturated rings. The third-order valence-corrected chi connectivity index (χ3v) is 5.26. The Bertz CT molecular complexity index is 584. The molecule has 1 aliphatic heterocycles. The van der Waals surface area contributed by atoms with Gasteiger partial charge in [0.25, 0.3) is 0 Å². The number of ether oxygens (including phenoxy) is 1. The average molecular weight is 308 g/mol. The van der Waals surface area contributed by atoms with Crippen LogP contribution in [-0.4, -0.2) is 40.0 Å². The van der Waals surface area contributed by atoms with Gasteiger partial charge in [0.05, 0.1) is 35.5 Å². The van der Waals surface area contributed by atoms with E-state index in [0.29, 0.717) is 18.2 Å². The maximum atomic E-state index is 12.1. The summed E-state index contributed by atoms with van der Waals surface area (Å²) in [5, 5.41) is 12.1. The molecule has 1 N–H and O–H groups in total. The molecular weight excluding hydrogens is 288 g/mol. The van der Waals surface area contributed by atoms with E-state index >= 15 is 0 Å². The first-order chi connectivity index (χ1) is 10.1. The predicted molar refractivity (Wildman–Crippen MR) is 79.7 cm³/mol. The molecule has 0 spiro atoms. The van der Waals surface area contributed by atoms with Gasteiger partial charge in [-0.15, -0.1) is 0 Å². The van der Waals surface area contributed by atoms with Crippen LogP contribution in [0.3, 0.4) is 0 Å². The van der Waals surface area contributed by atoms with Gasteiger partial charge in [-0.05, 0) is 43.7 Å². The molecule has 0 aromatic heterocycles. The summed E-state index contributed by atoms with van der Waals surface area (Å²) in [6.45, 7) is 1.76. The molecular formula is C15H20N2O3S. The van der Waals surface area contributed by atoms with E-state index in [1.165, 1.54) is 37.1 Å². The number of nitriles is 1. The van der Waals surface area contributed by atoms with Crippen LogP contribution in [0.5, 0.6) is 0 Å². The Morgan fingerprint density at radius 2 is 2.05 bits per heavy atom. The van der Waals surface area contributed by atoms with Crippen molar-refractivity contribution >= 4 is 9.84 Å². The zero-order valence-corrected chi connectivity index (χ0v) is 12.7. The highest BCUT2D eigenvalue weighted by Gasteiger charge is 2.16. The molecule has 0 saturated carbocycles. The third-order valence-electron chi connectivity index (χ3n) is 3.57. The summed E-state index contributed by atoms with van der Waals surface area (Å²) in [5.74, 6) is -0.0361. The molecule has 5 nitrogen and oxygen atoms in total. The van der Waals surface area contributed by atoms with Gasteiger partial charge >= 0.3 is 0 Å². The van der Waals surface area contributed by atoms with Gasteiger partial charge in [-0.2, -0.15) is 5.26 Å². The SMILES string of the molecule is N#Cc1ccc(S(=O)(=O)CCOCC2CCCCN2)cc1. The Balaban J connectivity index is 1.79. The summed E-state index contributed by atoms with van der Waals surface area (Å²) >= 11 is 0. The monoisotopic (exact) mass is 308 g/mol. The lowest BCUT2D eigenvalue weighted by atomic mass is 10.1. The molecule has 0 bridgehead atoms. The third kappa shape index (κ3) is 4.81. The van der Waals surface area contributed by atoms with Gasteiger partial charge in [0.15, 0.2) is 9.84 Å². The second kappa shape index (κ2) is 7.55. The van der Waals surface area contributed by atoms with E-state index in [4.69, 9.17) is 10.00 Å². The van der Waals surface area contributed by atoms with Crippen LogP contribution in [0.2, 0.25) is 0 Å². The van der Waals surface area contributed by atoms with Crippen molar-refractivity contribution in [3.63, 3.8) is 0 Å². The lowest BCUT2D eigenvalue weighted by Gasteiger charge is -2.23. The van der Waals surface area contributed by atoms with Crippen molar-refractivity contribution in [3.05, 3.63) is 29.8 Å². The molecule has 0 aliphatic carbocycles. The Labute approximate surface area is 125 Å². The van der Waals surface area contributed by atoms with Crippen LogP contribution >= 0.6 is 0 Å². The van der Waals surface area contributed by atoms with E-state index in [9.17, 15) is 8.42 Å². The van der Waals surface area contributed by atoms with E-state index < -0.39 is 9.84 Å². The molecule has 2 rings (SSSR count). The molecule has 0 radical (unpaired) electrons. The maximum Gasteiger partial charge on any atom is 0.180 e. The highest BCUT2D eigenvalue weighted by Crippen LogP contribution is 2.12. The van der Waals surface area contributed by atoms with Gasteiger partial charge in [-0.3, -0.25) is 0 Å². The van der Waals surface area contributed by atoms with Gasteiger partial charge in [0.1, 0.15) is 0 Å². The fourth-order valence-electron chi connectivity index (χ4n) is 2.32. The number of hydrogen-bond donors (Lipinski definition) is 1. The Hall–Kier alpha value is -1.42. The first kappa shape index (κ1) is 16.0. The van der Waals surface area contributed by atoms with Gasteiger partial charge in [0, 0.05) is 6.04 Å². The van der Waals surface area contributed by atoms with Gasteiger partial charge in [-0.1, -0.05) is 6.42 Å². The number of nitrogens with zero attached hydrogens (tertiary/aromatic N) is 1. The van der Waals surface area contributed by atoms with E-state index in [0.717, 1.165) is 13.0 Å². The first-order valence-electron chi connectivity index (χ1n) is 7.16. The Morgan fingerprint density at radius 1 is 1.29 bits per heavy atom. The van der Waals surface area contributed by atoms with Crippen molar-refractivity contribution in [2.24, 2.45) is 0 Å². The number of nitrogens with one attached hydrogen (secondary N) is 1. The number of piperidine rings is 1. The number of benzene rings is 1. The standard InChI is InChI=1S/C15H20N2O3S/c16-11-13-4-6-15(7-5-13)21(18,19)10-9-20-12-14-3-1-2-8-17-14/h4-7,14,17H,1-3,8-10,12H2. The summed E-state index contributed by atoms with van der Waals surface area (Å²) in [7, 11) is -3.34. The van der Waals surface area contributed by atoms with E-state index in [-0.39, 0.29) is 17.3 Å². The molecule has 1 unspecified atom stereocenters. The molecule has 1 aliphatic rings. The fraction of sp³-hybridized carbons (Fsp3) is 0.533. The molecule has 1 heterocycles. The lowest BCUT2D eigenvalue weighted by molar-refractivity contribution is 0.115. The topological polar surface area (TPSA) is 79.2 Å². The molecule has 1 aromatic carbocycles. The predicted octanol–water partition coefficient (Wildman–Crippen LogP) is 1.49. The van der Waals surface area contributed by atoms with Gasteiger partial charge < -0.3 is 10.1 Å². The minimum absolute atomic E-state index is 0.0361.